The van der Waals surface area contributed by atoms with E-state index in [-0.39, 0.29) is 22.7 Å². The lowest BCUT2D eigenvalue weighted by Gasteiger charge is -2.39. The number of carbonyl (C=O) groups excluding carboxylic acids is 1. The van der Waals surface area contributed by atoms with E-state index in [0.29, 0.717) is 35.6 Å². The molecule has 158 valence electrons. The van der Waals surface area contributed by atoms with Crippen molar-refractivity contribution in [1.82, 2.24) is 4.90 Å². The fourth-order valence-electron chi connectivity index (χ4n) is 4.36. The third-order valence-corrected chi connectivity index (χ3v) is 7.82. The molecule has 1 atom stereocenters. The number of phenolic OH excluding ortho intramolecular Hbond substituents is 1. The molecular formula is C22H23Cl2N3O2S. The molecule has 1 saturated carbocycles. The van der Waals surface area contributed by atoms with Crippen LogP contribution in [0.5, 0.6) is 5.75 Å². The number of para-hydroxylation sites is 2. The molecule has 3 aliphatic rings. The summed E-state index contributed by atoms with van der Waals surface area (Å²) in [6, 6.07) is 11.8. The molecule has 1 aliphatic carbocycles. The first-order chi connectivity index (χ1) is 14.5. The summed E-state index contributed by atoms with van der Waals surface area (Å²) >= 11 is 14.1. The number of aromatic hydroxyl groups is 1. The normalized spacial score (nSPS) is 21.7. The summed E-state index contributed by atoms with van der Waals surface area (Å²) in [4.78, 5) is 20.1. The van der Waals surface area contributed by atoms with Crippen molar-refractivity contribution in [3.63, 3.8) is 0 Å². The van der Waals surface area contributed by atoms with Crippen LogP contribution in [0.4, 0.5) is 11.4 Å². The van der Waals surface area contributed by atoms with Crippen molar-refractivity contribution in [2.75, 3.05) is 34.5 Å². The summed E-state index contributed by atoms with van der Waals surface area (Å²) in [6.45, 7) is 1.96. The highest BCUT2D eigenvalue weighted by Gasteiger charge is 2.40. The minimum absolute atomic E-state index is 0.00402. The number of benzene rings is 2. The van der Waals surface area contributed by atoms with Gasteiger partial charge < -0.3 is 14.9 Å². The van der Waals surface area contributed by atoms with E-state index in [4.69, 9.17) is 23.2 Å². The van der Waals surface area contributed by atoms with Crippen molar-refractivity contribution in [2.45, 2.75) is 31.5 Å². The molecule has 0 radical (unpaired) electrons. The van der Waals surface area contributed by atoms with E-state index in [1.165, 1.54) is 12.8 Å². The maximum atomic E-state index is 13.6. The number of hydrogen-bond acceptors (Lipinski definition) is 5. The number of carbonyl (C=O) groups is 1. The van der Waals surface area contributed by atoms with E-state index in [1.807, 2.05) is 23.1 Å². The number of nitrogens with zero attached hydrogens (tertiary/aromatic N) is 3. The van der Waals surface area contributed by atoms with Crippen LogP contribution in [-0.4, -0.2) is 52.7 Å². The Balaban J connectivity index is 1.39. The quantitative estimate of drug-likeness (QED) is 0.718. The maximum Gasteiger partial charge on any atom is 0.245 e. The van der Waals surface area contributed by atoms with Gasteiger partial charge in [0.1, 0.15) is 5.75 Å². The average molecular weight is 464 g/mol. The van der Waals surface area contributed by atoms with Gasteiger partial charge in [-0.3, -0.25) is 9.69 Å². The van der Waals surface area contributed by atoms with Crippen molar-refractivity contribution < 1.29 is 9.90 Å². The minimum atomic E-state index is -0.259. The van der Waals surface area contributed by atoms with Crippen LogP contribution in [0, 0.1) is 0 Å². The Hall–Kier alpha value is -1.60. The molecule has 2 aliphatic heterocycles. The highest BCUT2D eigenvalue weighted by Crippen LogP contribution is 2.41. The number of fused-ring (bicyclic) bond motifs is 1. The zero-order valence-electron chi connectivity index (χ0n) is 16.4. The highest BCUT2D eigenvalue weighted by atomic mass is 35.5. The summed E-state index contributed by atoms with van der Waals surface area (Å²) < 4.78 is 0. The molecule has 2 aromatic rings. The first kappa shape index (κ1) is 20.3. The molecule has 0 spiro atoms. The molecule has 30 heavy (non-hydrogen) atoms. The molecular weight excluding hydrogens is 441 g/mol. The van der Waals surface area contributed by atoms with Gasteiger partial charge in [0.05, 0.1) is 22.4 Å². The van der Waals surface area contributed by atoms with Gasteiger partial charge in [-0.05, 0) is 37.1 Å². The number of anilines is 2. The summed E-state index contributed by atoms with van der Waals surface area (Å²) in [5.74, 6) is 1.54. The number of thioether (sulfide) groups is 1. The van der Waals surface area contributed by atoms with Gasteiger partial charge in [0.25, 0.3) is 0 Å². The zero-order valence-corrected chi connectivity index (χ0v) is 18.8. The zero-order chi connectivity index (χ0) is 20.8. The summed E-state index contributed by atoms with van der Waals surface area (Å²) in [6.07, 6.45) is 2.47. The first-order valence-corrected chi connectivity index (χ1v) is 12.1. The Bertz CT molecular complexity index is 985. The van der Waals surface area contributed by atoms with E-state index >= 15 is 0 Å². The number of halogens is 2. The second-order valence-electron chi connectivity index (χ2n) is 8.02. The van der Waals surface area contributed by atoms with E-state index in [2.05, 4.69) is 15.9 Å². The van der Waals surface area contributed by atoms with E-state index < -0.39 is 0 Å². The predicted octanol–water partition coefficient (Wildman–Crippen LogP) is 4.59. The van der Waals surface area contributed by atoms with Crippen LogP contribution in [0.25, 0.3) is 0 Å². The molecule has 1 N–H and O–H groups in total. The van der Waals surface area contributed by atoms with E-state index in [9.17, 15) is 9.90 Å². The Morgan fingerprint density at radius 2 is 1.80 bits per heavy atom. The van der Waals surface area contributed by atoms with Gasteiger partial charge in [-0.1, -0.05) is 35.3 Å². The maximum absolute atomic E-state index is 13.6. The van der Waals surface area contributed by atoms with Gasteiger partial charge >= 0.3 is 0 Å². The van der Waals surface area contributed by atoms with Crippen molar-refractivity contribution >= 4 is 52.2 Å². The Kier molecular flexibility index (Phi) is 5.52. The lowest BCUT2D eigenvalue weighted by atomic mass is 10.1. The standard InChI is InChI=1S/C22H23Cl2N3O2S/c23-16-7-8-17(24)21(28)15(16)11-25-13-30-12-20(25)22(29)27-10-9-26(14-5-6-14)18-3-1-2-4-19(18)27/h1-4,7-8,14,20,28H,5-6,9-13H2/t20-/m0/s1. The Labute approximate surface area is 190 Å². The smallest absolute Gasteiger partial charge is 0.245 e. The molecule has 2 heterocycles. The summed E-state index contributed by atoms with van der Waals surface area (Å²) in [7, 11) is 0. The van der Waals surface area contributed by atoms with Crippen molar-refractivity contribution in [3.8, 4) is 5.75 Å². The second-order valence-corrected chi connectivity index (χ2v) is 9.84. The molecule has 8 heteroatoms. The van der Waals surface area contributed by atoms with Gasteiger partial charge in [0, 0.05) is 47.9 Å². The molecule has 0 bridgehead atoms. The van der Waals surface area contributed by atoms with Crippen molar-refractivity contribution in [3.05, 3.63) is 52.0 Å². The third kappa shape index (κ3) is 3.64. The fraction of sp³-hybridized carbons (Fsp3) is 0.409. The van der Waals surface area contributed by atoms with Gasteiger partial charge in [-0.15, -0.1) is 11.8 Å². The van der Waals surface area contributed by atoms with Crippen LogP contribution < -0.4 is 9.80 Å². The van der Waals surface area contributed by atoms with E-state index in [0.717, 1.165) is 23.7 Å². The SMILES string of the molecule is O=C([C@@H]1CSCN1Cc1c(Cl)ccc(Cl)c1O)N1CCN(C2CC2)c2ccccc21. The van der Waals surface area contributed by atoms with E-state index in [1.54, 1.807) is 23.9 Å². The van der Waals surface area contributed by atoms with Gasteiger partial charge in [-0.2, -0.15) is 0 Å². The molecule has 0 unspecified atom stereocenters. The van der Waals surface area contributed by atoms with Crippen LogP contribution in [0.2, 0.25) is 10.0 Å². The monoisotopic (exact) mass is 463 g/mol. The number of hydrogen-bond donors (Lipinski definition) is 1. The number of amides is 1. The molecule has 0 aromatic heterocycles. The minimum Gasteiger partial charge on any atom is -0.506 e. The molecule has 5 nitrogen and oxygen atoms in total. The van der Waals surface area contributed by atoms with Crippen LogP contribution >= 0.6 is 35.0 Å². The van der Waals surface area contributed by atoms with Crippen molar-refractivity contribution in [2.24, 2.45) is 0 Å². The summed E-state index contributed by atoms with van der Waals surface area (Å²) in [5, 5.41) is 11.1. The van der Waals surface area contributed by atoms with Crippen LogP contribution in [-0.2, 0) is 11.3 Å². The lowest BCUT2D eigenvalue weighted by molar-refractivity contribution is -0.122. The second kappa shape index (κ2) is 8.15. The molecule has 1 amide bonds. The number of phenols is 1. The van der Waals surface area contributed by atoms with Crippen LogP contribution in [0.15, 0.2) is 36.4 Å². The van der Waals surface area contributed by atoms with Crippen LogP contribution in [0.3, 0.4) is 0 Å². The third-order valence-electron chi connectivity index (χ3n) is 6.10. The van der Waals surface area contributed by atoms with Gasteiger partial charge in [0.2, 0.25) is 5.91 Å². The predicted molar refractivity (Wildman–Crippen MR) is 124 cm³/mol. The van der Waals surface area contributed by atoms with Gasteiger partial charge in [0.15, 0.2) is 0 Å². The number of rotatable bonds is 4. The first-order valence-electron chi connectivity index (χ1n) is 10.2. The van der Waals surface area contributed by atoms with Gasteiger partial charge in [-0.25, -0.2) is 0 Å². The molecule has 2 fully saturated rings. The summed E-state index contributed by atoms with van der Waals surface area (Å²) in [5.41, 5.74) is 2.73. The largest absolute Gasteiger partial charge is 0.506 e. The van der Waals surface area contributed by atoms with Crippen LogP contribution in [0.1, 0.15) is 18.4 Å². The molecule has 2 aromatic carbocycles. The highest BCUT2D eigenvalue weighted by molar-refractivity contribution is 7.99. The Morgan fingerprint density at radius 3 is 2.57 bits per heavy atom. The lowest BCUT2D eigenvalue weighted by Crippen LogP contribution is -2.52. The molecule has 5 rings (SSSR count). The average Bonchev–Trinajstić information content (AvgIpc) is 3.50. The topological polar surface area (TPSA) is 47.0 Å². The molecule has 1 saturated heterocycles. The fourth-order valence-corrected chi connectivity index (χ4v) is 5.93. The Morgan fingerprint density at radius 1 is 1.07 bits per heavy atom. The van der Waals surface area contributed by atoms with Crippen molar-refractivity contribution in [1.29, 1.82) is 0 Å².